The number of piperidine rings is 1. The summed E-state index contributed by atoms with van der Waals surface area (Å²) in [5.41, 5.74) is 0.786. The number of ether oxygens (including phenoxy) is 1. The summed E-state index contributed by atoms with van der Waals surface area (Å²) in [5.74, 6) is 1.51. The Morgan fingerprint density at radius 1 is 1.48 bits per heavy atom. The van der Waals surface area contributed by atoms with Crippen LogP contribution in [0.15, 0.2) is 24.3 Å². The topological polar surface area (TPSA) is 53.6 Å². The van der Waals surface area contributed by atoms with Gasteiger partial charge in [-0.2, -0.15) is 0 Å². The highest BCUT2D eigenvalue weighted by Gasteiger charge is 2.34. The van der Waals surface area contributed by atoms with E-state index in [0.29, 0.717) is 18.5 Å². The average molecular weight is 289 g/mol. The van der Waals surface area contributed by atoms with Crippen LogP contribution in [0, 0.1) is 5.92 Å². The molecule has 2 saturated heterocycles. The van der Waals surface area contributed by atoms with Gasteiger partial charge in [0.25, 0.3) is 0 Å². The highest BCUT2D eigenvalue weighted by Crippen LogP contribution is 2.24. The number of nitrogens with one attached hydrogen (secondary N) is 2. The van der Waals surface area contributed by atoms with E-state index >= 15 is 0 Å². The third-order valence-corrected chi connectivity index (χ3v) is 4.40. The molecule has 3 rings (SSSR count). The summed E-state index contributed by atoms with van der Waals surface area (Å²) in [6, 6.07) is 8.04. The highest BCUT2D eigenvalue weighted by molar-refractivity contribution is 5.92. The molecule has 5 heteroatoms. The van der Waals surface area contributed by atoms with Gasteiger partial charge in [0.2, 0.25) is 5.91 Å². The number of hydrogen-bond donors (Lipinski definition) is 2. The van der Waals surface area contributed by atoms with E-state index < -0.39 is 0 Å². The predicted molar refractivity (Wildman–Crippen MR) is 82.6 cm³/mol. The molecule has 0 spiro atoms. The van der Waals surface area contributed by atoms with Crippen molar-refractivity contribution in [1.82, 2.24) is 10.2 Å². The lowest BCUT2D eigenvalue weighted by molar-refractivity contribution is -0.117. The molecule has 114 valence electrons. The van der Waals surface area contributed by atoms with Crippen LogP contribution in [0.25, 0.3) is 0 Å². The number of rotatable bonds is 4. The van der Waals surface area contributed by atoms with Crippen LogP contribution in [0.3, 0.4) is 0 Å². The van der Waals surface area contributed by atoms with E-state index in [9.17, 15) is 4.79 Å². The first kappa shape index (κ1) is 14.4. The second-order valence-corrected chi connectivity index (χ2v) is 5.94. The lowest BCUT2D eigenvalue weighted by atomic mass is 9.94. The first-order valence-corrected chi connectivity index (χ1v) is 7.64. The Morgan fingerprint density at radius 3 is 3.19 bits per heavy atom. The van der Waals surface area contributed by atoms with Gasteiger partial charge in [-0.05, 0) is 37.4 Å². The van der Waals surface area contributed by atoms with Crippen LogP contribution in [0.2, 0.25) is 0 Å². The minimum Gasteiger partial charge on any atom is -0.497 e. The fraction of sp³-hybridized carbons (Fsp3) is 0.562. The molecule has 5 nitrogen and oxygen atoms in total. The Balaban J connectivity index is 1.52. The van der Waals surface area contributed by atoms with Gasteiger partial charge in [-0.15, -0.1) is 0 Å². The normalized spacial score (nSPS) is 25.4. The number of methoxy groups -OCH3 is 1. The fourth-order valence-corrected chi connectivity index (χ4v) is 3.37. The van der Waals surface area contributed by atoms with Crippen LogP contribution in [0.5, 0.6) is 5.75 Å². The summed E-state index contributed by atoms with van der Waals surface area (Å²) < 4.78 is 5.16. The molecular weight excluding hydrogens is 266 g/mol. The van der Waals surface area contributed by atoms with Crippen molar-refractivity contribution in [3.05, 3.63) is 24.3 Å². The van der Waals surface area contributed by atoms with Gasteiger partial charge in [0, 0.05) is 30.9 Å². The van der Waals surface area contributed by atoms with Crippen LogP contribution in [-0.2, 0) is 4.79 Å². The molecule has 2 aliphatic heterocycles. The van der Waals surface area contributed by atoms with Crippen molar-refractivity contribution < 1.29 is 9.53 Å². The summed E-state index contributed by atoms with van der Waals surface area (Å²) in [7, 11) is 1.62. The van der Waals surface area contributed by atoms with Crippen molar-refractivity contribution in [3.63, 3.8) is 0 Å². The molecular formula is C16H23N3O2. The molecule has 1 aromatic carbocycles. The number of carbonyl (C=O) groups is 1. The summed E-state index contributed by atoms with van der Waals surface area (Å²) in [6.45, 7) is 3.59. The van der Waals surface area contributed by atoms with Crippen LogP contribution >= 0.6 is 0 Å². The highest BCUT2D eigenvalue weighted by atomic mass is 16.5. The first-order valence-electron chi connectivity index (χ1n) is 7.64. The second kappa shape index (κ2) is 6.45. The van der Waals surface area contributed by atoms with E-state index in [1.807, 2.05) is 24.3 Å². The maximum Gasteiger partial charge on any atom is 0.238 e. The molecule has 0 aromatic heterocycles. The van der Waals surface area contributed by atoms with E-state index in [2.05, 4.69) is 15.5 Å². The van der Waals surface area contributed by atoms with E-state index in [4.69, 9.17) is 4.74 Å². The molecule has 2 atom stereocenters. The van der Waals surface area contributed by atoms with Gasteiger partial charge in [-0.25, -0.2) is 0 Å². The number of hydrogen-bond acceptors (Lipinski definition) is 4. The molecule has 2 heterocycles. The van der Waals surface area contributed by atoms with Crippen molar-refractivity contribution in [2.75, 3.05) is 38.6 Å². The molecule has 1 aromatic rings. The molecule has 2 N–H and O–H groups in total. The van der Waals surface area contributed by atoms with Gasteiger partial charge in [0.1, 0.15) is 5.75 Å². The Labute approximate surface area is 125 Å². The van der Waals surface area contributed by atoms with Crippen LogP contribution in [0.4, 0.5) is 5.69 Å². The first-order chi connectivity index (χ1) is 10.2. The van der Waals surface area contributed by atoms with E-state index in [1.54, 1.807) is 7.11 Å². The number of amides is 1. The Morgan fingerprint density at radius 2 is 2.38 bits per heavy atom. The third kappa shape index (κ3) is 3.54. The Bertz CT molecular complexity index is 492. The smallest absolute Gasteiger partial charge is 0.238 e. The van der Waals surface area contributed by atoms with Crippen LogP contribution in [-0.4, -0.2) is 50.1 Å². The predicted octanol–water partition coefficient (Wildman–Crippen LogP) is 1.32. The number of benzene rings is 1. The second-order valence-electron chi connectivity index (χ2n) is 5.94. The molecule has 2 aliphatic rings. The lowest BCUT2D eigenvalue weighted by Gasteiger charge is -2.24. The largest absolute Gasteiger partial charge is 0.497 e. The van der Waals surface area contributed by atoms with Crippen molar-refractivity contribution in [3.8, 4) is 5.75 Å². The zero-order chi connectivity index (χ0) is 14.7. The number of fused-ring (bicyclic) bond motifs is 1. The Kier molecular flexibility index (Phi) is 4.41. The van der Waals surface area contributed by atoms with Crippen molar-refractivity contribution >= 4 is 11.6 Å². The molecule has 21 heavy (non-hydrogen) atoms. The zero-order valence-electron chi connectivity index (χ0n) is 12.5. The molecule has 2 fully saturated rings. The maximum atomic E-state index is 12.2. The lowest BCUT2D eigenvalue weighted by Crippen LogP contribution is -2.41. The van der Waals surface area contributed by atoms with Gasteiger partial charge in [0.05, 0.1) is 13.7 Å². The van der Waals surface area contributed by atoms with Crippen molar-refractivity contribution in [1.29, 1.82) is 0 Å². The summed E-state index contributed by atoms with van der Waals surface area (Å²) in [4.78, 5) is 14.4. The SMILES string of the molecule is COc1cccc(NC(=O)CN2C[C@@H]3CCCN[C@@H]3C2)c1. The summed E-state index contributed by atoms with van der Waals surface area (Å²) >= 11 is 0. The van der Waals surface area contributed by atoms with Gasteiger partial charge >= 0.3 is 0 Å². The number of carbonyl (C=O) groups excluding carboxylic acids is 1. The number of anilines is 1. The quantitative estimate of drug-likeness (QED) is 0.878. The monoisotopic (exact) mass is 289 g/mol. The molecule has 0 radical (unpaired) electrons. The fourth-order valence-electron chi connectivity index (χ4n) is 3.37. The number of nitrogens with zero attached hydrogens (tertiary/aromatic N) is 1. The van der Waals surface area contributed by atoms with Crippen LogP contribution < -0.4 is 15.4 Å². The van der Waals surface area contributed by atoms with Gasteiger partial charge in [-0.1, -0.05) is 6.07 Å². The standard InChI is InChI=1S/C16H23N3O2/c1-21-14-6-2-5-13(8-14)18-16(20)11-19-9-12-4-3-7-17-15(12)10-19/h2,5-6,8,12,15,17H,3-4,7,9-11H2,1H3,(H,18,20)/t12-,15+/m0/s1. The molecule has 0 unspecified atom stereocenters. The molecule has 0 aliphatic carbocycles. The minimum atomic E-state index is 0.0434. The van der Waals surface area contributed by atoms with Gasteiger partial charge in [0.15, 0.2) is 0 Å². The third-order valence-electron chi connectivity index (χ3n) is 4.40. The van der Waals surface area contributed by atoms with Gasteiger partial charge < -0.3 is 15.4 Å². The van der Waals surface area contributed by atoms with E-state index in [-0.39, 0.29) is 5.91 Å². The van der Waals surface area contributed by atoms with Crippen LogP contribution in [0.1, 0.15) is 12.8 Å². The number of likely N-dealkylation sites (tertiary alicyclic amines) is 1. The van der Waals surface area contributed by atoms with Crippen molar-refractivity contribution in [2.24, 2.45) is 5.92 Å². The van der Waals surface area contributed by atoms with Crippen molar-refractivity contribution in [2.45, 2.75) is 18.9 Å². The van der Waals surface area contributed by atoms with E-state index in [0.717, 1.165) is 31.1 Å². The summed E-state index contributed by atoms with van der Waals surface area (Å²) in [6.07, 6.45) is 2.54. The molecule has 1 amide bonds. The molecule has 0 bridgehead atoms. The minimum absolute atomic E-state index is 0.0434. The zero-order valence-corrected chi connectivity index (χ0v) is 12.5. The Hall–Kier alpha value is -1.59. The van der Waals surface area contributed by atoms with E-state index in [1.165, 1.54) is 12.8 Å². The molecule has 0 saturated carbocycles. The average Bonchev–Trinajstić information content (AvgIpc) is 2.89. The summed E-state index contributed by atoms with van der Waals surface area (Å²) in [5, 5.41) is 6.50. The maximum absolute atomic E-state index is 12.2. The van der Waals surface area contributed by atoms with Gasteiger partial charge in [-0.3, -0.25) is 9.69 Å².